The molecule has 2 rings (SSSR count). The maximum Gasteiger partial charge on any atom is 0.0941 e. The molecule has 20 heavy (non-hydrogen) atoms. The molecule has 0 saturated carbocycles. The van der Waals surface area contributed by atoms with E-state index < -0.39 is 0 Å². The van der Waals surface area contributed by atoms with Gasteiger partial charge in [0.05, 0.1) is 10.7 Å². The lowest BCUT2D eigenvalue weighted by Gasteiger charge is -1.97. The first-order valence-corrected chi connectivity index (χ1v) is 7.77. The highest BCUT2D eigenvalue weighted by molar-refractivity contribution is 8.02. The van der Waals surface area contributed by atoms with Crippen molar-refractivity contribution in [2.24, 2.45) is 4.99 Å². The molecular formula is C16H14ClNS2. The number of hydrogen-bond donors (Lipinski definition) is 1. The van der Waals surface area contributed by atoms with Crippen molar-refractivity contribution in [1.82, 2.24) is 0 Å². The van der Waals surface area contributed by atoms with Crippen LogP contribution < -0.4 is 0 Å². The molecule has 2 aromatic carbocycles. The van der Waals surface area contributed by atoms with E-state index in [4.69, 9.17) is 11.6 Å². The quantitative estimate of drug-likeness (QED) is 0.319. The van der Waals surface area contributed by atoms with Crippen LogP contribution in [0.15, 0.2) is 69.9 Å². The SMILES string of the molecule is Cc1ccc(N=C(S)C=CSc2cccc(Cl)c2)cc1. The third kappa shape index (κ3) is 5.08. The standard InChI is InChI=1S/C16H14ClNS2/c1-12-5-7-14(8-6-12)18-16(19)9-10-20-15-4-2-3-13(17)11-15/h2-11H,1H3,(H,18,19). The second kappa shape index (κ2) is 7.58. The third-order valence-corrected chi connectivity index (χ3v) is 3.78. The fourth-order valence-corrected chi connectivity index (χ4v) is 2.75. The van der Waals surface area contributed by atoms with Gasteiger partial charge >= 0.3 is 0 Å². The van der Waals surface area contributed by atoms with Crippen molar-refractivity contribution in [3.63, 3.8) is 0 Å². The lowest BCUT2D eigenvalue weighted by Crippen LogP contribution is -1.78. The zero-order valence-electron chi connectivity index (χ0n) is 11.0. The molecular weight excluding hydrogens is 306 g/mol. The van der Waals surface area contributed by atoms with Crippen molar-refractivity contribution >= 4 is 46.7 Å². The second-order valence-electron chi connectivity index (χ2n) is 4.18. The predicted octanol–water partition coefficient (Wildman–Crippen LogP) is 5.91. The summed E-state index contributed by atoms with van der Waals surface area (Å²) in [5, 5.41) is 3.36. The zero-order valence-corrected chi connectivity index (χ0v) is 13.4. The molecule has 0 aliphatic rings. The number of rotatable bonds is 4. The average molecular weight is 320 g/mol. The highest BCUT2D eigenvalue weighted by atomic mass is 35.5. The Morgan fingerprint density at radius 1 is 1.20 bits per heavy atom. The molecule has 0 aliphatic carbocycles. The number of aryl methyl sites for hydroxylation is 1. The summed E-state index contributed by atoms with van der Waals surface area (Å²) in [5.41, 5.74) is 2.12. The van der Waals surface area contributed by atoms with Gasteiger partial charge in [-0.15, -0.1) is 12.6 Å². The maximum absolute atomic E-state index is 5.93. The molecule has 0 atom stereocenters. The molecule has 1 nitrogen and oxygen atoms in total. The topological polar surface area (TPSA) is 12.4 Å². The van der Waals surface area contributed by atoms with Gasteiger partial charge in [0.25, 0.3) is 0 Å². The van der Waals surface area contributed by atoms with Crippen molar-refractivity contribution in [3.05, 3.63) is 70.6 Å². The van der Waals surface area contributed by atoms with Crippen LogP contribution >= 0.6 is 36.0 Å². The summed E-state index contributed by atoms with van der Waals surface area (Å²) in [6, 6.07) is 15.7. The van der Waals surface area contributed by atoms with Crippen LogP contribution in [0.4, 0.5) is 5.69 Å². The minimum Gasteiger partial charge on any atom is -0.242 e. The monoisotopic (exact) mass is 319 g/mol. The van der Waals surface area contributed by atoms with Crippen LogP contribution in [0.25, 0.3) is 0 Å². The Morgan fingerprint density at radius 2 is 1.95 bits per heavy atom. The van der Waals surface area contributed by atoms with E-state index in [9.17, 15) is 0 Å². The van der Waals surface area contributed by atoms with Crippen LogP contribution in [0.1, 0.15) is 5.56 Å². The number of benzene rings is 2. The predicted molar refractivity (Wildman–Crippen MR) is 93.7 cm³/mol. The first kappa shape index (κ1) is 15.2. The van der Waals surface area contributed by atoms with E-state index in [1.807, 2.05) is 60.0 Å². The van der Waals surface area contributed by atoms with Gasteiger partial charge in [-0.25, -0.2) is 4.99 Å². The van der Waals surface area contributed by atoms with Crippen molar-refractivity contribution in [2.75, 3.05) is 0 Å². The van der Waals surface area contributed by atoms with Crippen LogP contribution in [0.3, 0.4) is 0 Å². The maximum atomic E-state index is 5.93. The first-order chi connectivity index (χ1) is 9.63. The smallest absolute Gasteiger partial charge is 0.0941 e. The summed E-state index contributed by atoms with van der Waals surface area (Å²) < 4.78 is 0. The van der Waals surface area contributed by atoms with E-state index >= 15 is 0 Å². The van der Waals surface area contributed by atoms with E-state index in [-0.39, 0.29) is 0 Å². The van der Waals surface area contributed by atoms with Crippen molar-refractivity contribution in [1.29, 1.82) is 0 Å². The number of thioether (sulfide) groups is 1. The summed E-state index contributed by atoms with van der Waals surface area (Å²) in [4.78, 5) is 5.49. The minimum absolute atomic E-state index is 0.670. The Kier molecular flexibility index (Phi) is 5.77. The Balaban J connectivity index is 1.98. The van der Waals surface area contributed by atoms with Crippen LogP contribution in [-0.4, -0.2) is 5.04 Å². The molecule has 102 valence electrons. The van der Waals surface area contributed by atoms with Gasteiger partial charge in [0.1, 0.15) is 0 Å². The van der Waals surface area contributed by atoms with Gasteiger partial charge in [0.2, 0.25) is 0 Å². The van der Waals surface area contributed by atoms with E-state index in [1.54, 1.807) is 11.8 Å². The lowest BCUT2D eigenvalue weighted by molar-refractivity contribution is 1.44. The normalized spacial score (nSPS) is 12.1. The number of thiol groups is 1. The largest absolute Gasteiger partial charge is 0.242 e. The molecule has 0 bridgehead atoms. The number of aliphatic imine (C=N–C) groups is 1. The molecule has 0 unspecified atom stereocenters. The highest BCUT2D eigenvalue weighted by Gasteiger charge is 1.93. The van der Waals surface area contributed by atoms with E-state index in [0.29, 0.717) is 5.04 Å². The molecule has 0 aromatic heterocycles. The first-order valence-electron chi connectivity index (χ1n) is 6.06. The molecule has 0 fully saturated rings. The number of hydrogen-bond acceptors (Lipinski definition) is 2. The Bertz CT molecular complexity index is 633. The van der Waals surface area contributed by atoms with Crippen LogP contribution in [-0.2, 0) is 0 Å². The second-order valence-corrected chi connectivity index (χ2v) is 6.06. The van der Waals surface area contributed by atoms with E-state index in [0.717, 1.165) is 15.6 Å². The van der Waals surface area contributed by atoms with Gasteiger partial charge in [-0.05, 0) is 48.7 Å². The van der Waals surface area contributed by atoms with Gasteiger partial charge < -0.3 is 0 Å². The Hall–Kier alpha value is -1.16. The van der Waals surface area contributed by atoms with Crippen molar-refractivity contribution in [2.45, 2.75) is 11.8 Å². The van der Waals surface area contributed by atoms with Crippen LogP contribution in [0.2, 0.25) is 5.02 Å². The fraction of sp³-hybridized carbons (Fsp3) is 0.0625. The van der Waals surface area contributed by atoms with Gasteiger partial charge in [-0.3, -0.25) is 0 Å². The van der Waals surface area contributed by atoms with Gasteiger partial charge in [-0.1, -0.05) is 47.1 Å². The minimum atomic E-state index is 0.670. The van der Waals surface area contributed by atoms with Gasteiger partial charge in [0, 0.05) is 9.92 Å². The molecule has 0 spiro atoms. The average Bonchev–Trinajstić information content (AvgIpc) is 2.41. The van der Waals surface area contributed by atoms with Crippen LogP contribution in [0.5, 0.6) is 0 Å². The molecule has 0 heterocycles. The number of halogens is 1. The summed E-state index contributed by atoms with van der Waals surface area (Å²) in [7, 11) is 0. The summed E-state index contributed by atoms with van der Waals surface area (Å²) in [6.45, 7) is 2.05. The molecule has 0 N–H and O–H groups in total. The molecule has 0 aliphatic heterocycles. The lowest BCUT2D eigenvalue weighted by atomic mass is 10.2. The molecule has 4 heteroatoms. The van der Waals surface area contributed by atoms with E-state index in [2.05, 4.69) is 24.5 Å². The van der Waals surface area contributed by atoms with Gasteiger partial charge in [0.15, 0.2) is 0 Å². The van der Waals surface area contributed by atoms with Crippen molar-refractivity contribution < 1.29 is 0 Å². The Morgan fingerprint density at radius 3 is 2.65 bits per heavy atom. The summed E-state index contributed by atoms with van der Waals surface area (Å²) in [6.07, 6.45) is 1.87. The zero-order chi connectivity index (χ0) is 14.4. The van der Waals surface area contributed by atoms with E-state index in [1.165, 1.54) is 5.56 Å². The van der Waals surface area contributed by atoms with Crippen LogP contribution in [0, 0.1) is 6.92 Å². The summed E-state index contributed by atoms with van der Waals surface area (Å²) >= 11 is 11.9. The van der Waals surface area contributed by atoms with Crippen molar-refractivity contribution in [3.8, 4) is 0 Å². The molecule has 0 radical (unpaired) electrons. The third-order valence-electron chi connectivity index (χ3n) is 2.49. The molecule has 0 amide bonds. The number of nitrogens with zero attached hydrogens (tertiary/aromatic N) is 1. The van der Waals surface area contributed by atoms with Gasteiger partial charge in [-0.2, -0.15) is 0 Å². The fourth-order valence-electron chi connectivity index (χ4n) is 1.50. The molecule has 2 aromatic rings. The Labute approximate surface area is 134 Å². The highest BCUT2D eigenvalue weighted by Crippen LogP contribution is 2.22. The molecule has 0 saturated heterocycles. The summed E-state index contributed by atoms with van der Waals surface area (Å²) in [5.74, 6) is 0.